The Bertz CT molecular complexity index is 397. The molecule has 15 heavy (non-hydrogen) atoms. The molecule has 0 saturated carbocycles. The van der Waals surface area contributed by atoms with E-state index in [2.05, 4.69) is 17.3 Å². The van der Waals surface area contributed by atoms with Crippen LogP contribution in [-0.2, 0) is 0 Å². The van der Waals surface area contributed by atoms with Gasteiger partial charge in [0.15, 0.2) is 0 Å². The molecule has 0 radical (unpaired) electrons. The minimum Gasteiger partial charge on any atom is -0.351 e. The molecule has 0 spiro atoms. The van der Waals surface area contributed by atoms with Crippen LogP contribution in [0.15, 0.2) is 28.9 Å². The largest absolute Gasteiger partial charge is 0.351 e. The van der Waals surface area contributed by atoms with Crippen LogP contribution >= 0.6 is 0 Å². The fraction of sp³-hybridized carbons (Fsp3) is 0.455. The molecule has 1 amide bonds. The van der Waals surface area contributed by atoms with Gasteiger partial charge in [-0.05, 0) is 19.3 Å². The molecule has 78 valence electrons. The van der Waals surface area contributed by atoms with E-state index < -0.39 is 0 Å². The van der Waals surface area contributed by atoms with Crippen LogP contribution in [0.3, 0.4) is 0 Å². The van der Waals surface area contributed by atoms with Crippen LogP contribution < -0.4 is 0 Å². The minimum atomic E-state index is -0.0237. The summed E-state index contributed by atoms with van der Waals surface area (Å²) in [6.07, 6.45) is 8.94. The zero-order valence-corrected chi connectivity index (χ0v) is 8.30. The monoisotopic (exact) mass is 204 g/mol. The molecule has 1 aromatic heterocycles. The van der Waals surface area contributed by atoms with Crippen molar-refractivity contribution in [2.24, 2.45) is 0 Å². The quantitative estimate of drug-likeness (QED) is 0.653. The lowest BCUT2D eigenvalue weighted by Gasteiger charge is -2.30. The highest BCUT2D eigenvalue weighted by Gasteiger charge is 2.38. The summed E-state index contributed by atoms with van der Waals surface area (Å²) in [5.41, 5.74) is 0. The Morgan fingerprint density at radius 2 is 2.47 bits per heavy atom. The summed E-state index contributed by atoms with van der Waals surface area (Å²) >= 11 is 0. The molecule has 2 unspecified atom stereocenters. The molecule has 2 aliphatic rings. The van der Waals surface area contributed by atoms with Gasteiger partial charge in [-0.2, -0.15) is 0 Å². The third-order valence-electron chi connectivity index (χ3n) is 3.20. The second kappa shape index (κ2) is 3.22. The molecule has 0 aromatic carbocycles. The van der Waals surface area contributed by atoms with Crippen molar-refractivity contribution in [2.75, 3.05) is 0 Å². The molecule has 2 atom stereocenters. The molecule has 3 rings (SSSR count). The number of carbonyl (C=O) groups is 1. The predicted molar refractivity (Wildman–Crippen MR) is 53.2 cm³/mol. The van der Waals surface area contributed by atoms with Crippen LogP contribution in [0.25, 0.3) is 0 Å². The van der Waals surface area contributed by atoms with Gasteiger partial charge in [-0.1, -0.05) is 17.3 Å². The van der Waals surface area contributed by atoms with Crippen LogP contribution in [0.5, 0.6) is 0 Å². The van der Waals surface area contributed by atoms with Crippen molar-refractivity contribution in [1.29, 1.82) is 0 Å². The van der Waals surface area contributed by atoms with Crippen molar-refractivity contribution in [1.82, 2.24) is 10.1 Å². The van der Waals surface area contributed by atoms with Crippen LogP contribution in [0, 0.1) is 0 Å². The standard InChI is InChI=1S/C11H12N2O2/c14-11(10-6-7-12-15-10)13-8-2-1-3-9(13)5-4-8/h1-2,6-9H,3-5H2. The smallest absolute Gasteiger partial charge is 0.293 e. The highest BCUT2D eigenvalue weighted by Crippen LogP contribution is 2.32. The summed E-state index contributed by atoms with van der Waals surface area (Å²) in [4.78, 5) is 14.0. The molecule has 2 aliphatic heterocycles. The van der Waals surface area contributed by atoms with Gasteiger partial charge in [0.2, 0.25) is 5.76 Å². The van der Waals surface area contributed by atoms with Gasteiger partial charge in [-0.15, -0.1) is 0 Å². The van der Waals surface area contributed by atoms with E-state index in [-0.39, 0.29) is 11.9 Å². The number of rotatable bonds is 1. The summed E-state index contributed by atoms with van der Waals surface area (Å²) in [7, 11) is 0. The number of carbonyl (C=O) groups excluding carboxylic acids is 1. The van der Waals surface area contributed by atoms with Gasteiger partial charge in [-0.3, -0.25) is 4.79 Å². The Morgan fingerprint density at radius 3 is 3.20 bits per heavy atom. The molecule has 1 fully saturated rings. The van der Waals surface area contributed by atoms with Gasteiger partial charge < -0.3 is 9.42 Å². The Labute approximate surface area is 87.5 Å². The third kappa shape index (κ3) is 1.28. The normalized spacial score (nSPS) is 28.4. The van der Waals surface area contributed by atoms with E-state index in [4.69, 9.17) is 4.52 Å². The van der Waals surface area contributed by atoms with Crippen molar-refractivity contribution in [2.45, 2.75) is 31.3 Å². The van der Waals surface area contributed by atoms with Crippen LogP contribution in [0.4, 0.5) is 0 Å². The van der Waals surface area contributed by atoms with Gasteiger partial charge in [0.25, 0.3) is 5.91 Å². The maximum absolute atomic E-state index is 12.1. The average Bonchev–Trinajstić information content (AvgIpc) is 2.85. The molecule has 4 heteroatoms. The van der Waals surface area contributed by atoms with Gasteiger partial charge in [0.1, 0.15) is 0 Å². The second-order valence-corrected chi connectivity index (χ2v) is 4.05. The molecule has 1 aromatic rings. The lowest BCUT2D eigenvalue weighted by Crippen LogP contribution is -2.41. The highest BCUT2D eigenvalue weighted by molar-refractivity contribution is 5.92. The minimum absolute atomic E-state index is 0.0237. The van der Waals surface area contributed by atoms with E-state index in [1.54, 1.807) is 6.07 Å². The van der Waals surface area contributed by atoms with E-state index >= 15 is 0 Å². The van der Waals surface area contributed by atoms with Crippen LogP contribution in [-0.4, -0.2) is 28.0 Å². The maximum atomic E-state index is 12.1. The zero-order chi connectivity index (χ0) is 10.3. The number of hydrogen-bond donors (Lipinski definition) is 0. The first-order chi connectivity index (χ1) is 7.36. The second-order valence-electron chi connectivity index (χ2n) is 4.05. The number of hydrogen-bond acceptors (Lipinski definition) is 3. The van der Waals surface area contributed by atoms with Gasteiger partial charge in [-0.25, -0.2) is 0 Å². The molecule has 2 bridgehead atoms. The lowest BCUT2D eigenvalue weighted by molar-refractivity contribution is 0.0646. The topological polar surface area (TPSA) is 46.3 Å². The van der Waals surface area contributed by atoms with Gasteiger partial charge in [0.05, 0.1) is 12.2 Å². The van der Waals surface area contributed by atoms with Crippen molar-refractivity contribution in [3.05, 3.63) is 30.2 Å². The molecule has 3 heterocycles. The van der Waals surface area contributed by atoms with E-state index in [0.29, 0.717) is 11.8 Å². The molecular formula is C11H12N2O2. The van der Waals surface area contributed by atoms with Crippen molar-refractivity contribution < 1.29 is 9.32 Å². The first kappa shape index (κ1) is 8.71. The van der Waals surface area contributed by atoms with Crippen molar-refractivity contribution in [3.63, 3.8) is 0 Å². The van der Waals surface area contributed by atoms with Gasteiger partial charge in [0, 0.05) is 12.1 Å². The molecule has 1 saturated heterocycles. The molecule has 4 nitrogen and oxygen atoms in total. The fourth-order valence-corrected chi connectivity index (χ4v) is 2.49. The number of nitrogens with zero attached hydrogens (tertiary/aromatic N) is 2. The summed E-state index contributed by atoms with van der Waals surface area (Å²) in [6.45, 7) is 0. The van der Waals surface area contributed by atoms with E-state index in [1.807, 2.05) is 4.90 Å². The zero-order valence-electron chi connectivity index (χ0n) is 8.30. The summed E-state index contributed by atoms with van der Waals surface area (Å²) in [6, 6.07) is 2.25. The molecular weight excluding hydrogens is 192 g/mol. The Morgan fingerprint density at radius 1 is 1.53 bits per heavy atom. The summed E-state index contributed by atoms with van der Waals surface area (Å²) < 4.78 is 4.91. The van der Waals surface area contributed by atoms with Gasteiger partial charge >= 0.3 is 0 Å². The van der Waals surface area contributed by atoms with Crippen molar-refractivity contribution >= 4 is 5.91 Å². The number of amides is 1. The fourth-order valence-electron chi connectivity index (χ4n) is 2.49. The lowest BCUT2D eigenvalue weighted by atomic mass is 10.1. The maximum Gasteiger partial charge on any atom is 0.293 e. The third-order valence-corrected chi connectivity index (χ3v) is 3.20. The highest BCUT2D eigenvalue weighted by atomic mass is 16.5. The molecule has 0 N–H and O–H groups in total. The summed E-state index contributed by atoms with van der Waals surface area (Å²) in [5, 5.41) is 3.57. The van der Waals surface area contributed by atoms with Crippen LogP contribution in [0.2, 0.25) is 0 Å². The SMILES string of the molecule is O=C(c1ccno1)N1C2C=CCC1CC2. The number of aromatic nitrogens is 1. The number of fused-ring (bicyclic) bond motifs is 2. The summed E-state index contributed by atoms with van der Waals surface area (Å²) in [5.74, 6) is 0.326. The predicted octanol–water partition coefficient (Wildman–Crippen LogP) is 1.61. The Kier molecular flexibility index (Phi) is 1.87. The average molecular weight is 204 g/mol. The van der Waals surface area contributed by atoms with E-state index in [9.17, 15) is 4.79 Å². The first-order valence-corrected chi connectivity index (χ1v) is 5.26. The van der Waals surface area contributed by atoms with E-state index in [0.717, 1.165) is 19.3 Å². The Balaban J connectivity index is 1.89. The molecule has 0 aliphatic carbocycles. The van der Waals surface area contributed by atoms with E-state index in [1.165, 1.54) is 6.20 Å². The van der Waals surface area contributed by atoms with Crippen molar-refractivity contribution in [3.8, 4) is 0 Å². The Hall–Kier alpha value is -1.58. The first-order valence-electron chi connectivity index (χ1n) is 5.26. The van der Waals surface area contributed by atoms with Crippen LogP contribution in [0.1, 0.15) is 29.8 Å².